The SMILES string of the molecule is Cc1ccc(CN2C(=O)CN(C3CCCC3)C(=O)C2c2ccc(F)cc2)cc1. The lowest BCUT2D eigenvalue weighted by Crippen LogP contribution is -2.57. The number of hydrogen-bond acceptors (Lipinski definition) is 2. The number of carbonyl (C=O) groups is 2. The molecule has 1 saturated heterocycles. The zero-order chi connectivity index (χ0) is 19.7. The topological polar surface area (TPSA) is 40.6 Å². The molecule has 1 heterocycles. The zero-order valence-corrected chi connectivity index (χ0v) is 16.1. The van der Waals surface area contributed by atoms with Crippen LogP contribution >= 0.6 is 0 Å². The largest absolute Gasteiger partial charge is 0.328 e. The lowest BCUT2D eigenvalue weighted by atomic mass is 9.98. The van der Waals surface area contributed by atoms with E-state index >= 15 is 0 Å². The number of benzene rings is 2. The molecule has 0 aromatic heterocycles. The molecule has 5 heteroatoms. The molecule has 0 N–H and O–H groups in total. The molecule has 4 rings (SSSR count). The van der Waals surface area contributed by atoms with Gasteiger partial charge in [-0.15, -0.1) is 0 Å². The summed E-state index contributed by atoms with van der Waals surface area (Å²) in [6.45, 7) is 2.51. The van der Waals surface area contributed by atoms with E-state index in [0.717, 1.165) is 36.8 Å². The fourth-order valence-corrected chi connectivity index (χ4v) is 4.31. The molecule has 0 bridgehead atoms. The molecule has 146 valence electrons. The maximum absolute atomic E-state index is 13.5. The highest BCUT2D eigenvalue weighted by molar-refractivity contribution is 5.95. The zero-order valence-electron chi connectivity index (χ0n) is 16.1. The third-order valence-corrected chi connectivity index (χ3v) is 5.88. The Morgan fingerprint density at radius 1 is 0.964 bits per heavy atom. The maximum Gasteiger partial charge on any atom is 0.250 e. The summed E-state index contributed by atoms with van der Waals surface area (Å²) < 4.78 is 13.5. The van der Waals surface area contributed by atoms with Crippen LogP contribution in [0.1, 0.15) is 48.4 Å². The fourth-order valence-electron chi connectivity index (χ4n) is 4.31. The number of aryl methyl sites for hydroxylation is 1. The average Bonchev–Trinajstić information content (AvgIpc) is 3.22. The van der Waals surface area contributed by atoms with Crippen molar-refractivity contribution in [2.45, 2.75) is 51.2 Å². The van der Waals surface area contributed by atoms with Crippen LogP contribution in [0, 0.1) is 12.7 Å². The molecule has 0 spiro atoms. The molecule has 2 aliphatic rings. The van der Waals surface area contributed by atoms with Crippen molar-refractivity contribution in [3.63, 3.8) is 0 Å². The summed E-state index contributed by atoms with van der Waals surface area (Å²) in [4.78, 5) is 29.9. The van der Waals surface area contributed by atoms with Crippen molar-refractivity contribution in [3.8, 4) is 0 Å². The number of halogens is 1. The fraction of sp³-hybridized carbons (Fsp3) is 0.391. The summed E-state index contributed by atoms with van der Waals surface area (Å²) in [6, 6.07) is 13.3. The molecular weight excluding hydrogens is 355 g/mol. The number of amides is 2. The standard InChI is InChI=1S/C23H25FN2O2/c1-16-6-8-17(9-7-16)14-26-21(27)15-25(20-4-2-3-5-20)23(28)22(26)18-10-12-19(24)13-11-18/h6-13,20,22H,2-5,14-15H2,1H3. The Hall–Kier alpha value is -2.69. The van der Waals surface area contributed by atoms with Crippen molar-refractivity contribution < 1.29 is 14.0 Å². The van der Waals surface area contributed by atoms with E-state index in [9.17, 15) is 14.0 Å². The van der Waals surface area contributed by atoms with E-state index in [1.165, 1.54) is 12.1 Å². The van der Waals surface area contributed by atoms with Gasteiger partial charge in [-0.25, -0.2) is 4.39 Å². The number of carbonyl (C=O) groups excluding carboxylic acids is 2. The predicted molar refractivity (Wildman–Crippen MR) is 105 cm³/mol. The summed E-state index contributed by atoms with van der Waals surface area (Å²) in [5.41, 5.74) is 2.79. The second kappa shape index (κ2) is 7.74. The summed E-state index contributed by atoms with van der Waals surface area (Å²) in [6.07, 6.45) is 4.09. The Bertz CT molecular complexity index is 857. The van der Waals surface area contributed by atoms with Crippen molar-refractivity contribution >= 4 is 11.8 Å². The van der Waals surface area contributed by atoms with E-state index in [0.29, 0.717) is 12.1 Å². The van der Waals surface area contributed by atoms with E-state index < -0.39 is 6.04 Å². The number of nitrogens with zero attached hydrogens (tertiary/aromatic N) is 2. The molecule has 2 fully saturated rings. The van der Waals surface area contributed by atoms with Crippen LogP contribution < -0.4 is 0 Å². The van der Waals surface area contributed by atoms with Gasteiger partial charge in [0.15, 0.2) is 0 Å². The predicted octanol–water partition coefficient (Wildman–Crippen LogP) is 3.99. The third kappa shape index (κ3) is 3.66. The molecule has 1 aliphatic carbocycles. The normalized spacial score (nSPS) is 20.9. The minimum absolute atomic E-state index is 0.0507. The van der Waals surface area contributed by atoms with Crippen LogP contribution in [0.15, 0.2) is 48.5 Å². The first kappa shape index (κ1) is 18.7. The van der Waals surface area contributed by atoms with Crippen LogP contribution in [0.3, 0.4) is 0 Å². The smallest absolute Gasteiger partial charge is 0.250 e. The quantitative estimate of drug-likeness (QED) is 0.805. The molecule has 28 heavy (non-hydrogen) atoms. The first-order valence-electron chi connectivity index (χ1n) is 9.94. The Morgan fingerprint density at radius 2 is 1.61 bits per heavy atom. The summed E-state index contributed by atoms with van der Waals surface area (Å²) in [5.74, 6) is -0.456. The number of hydrogen-bond donors (Lipinski definition) is 0. The van der Waals surface area contributed by atoms with Crippen molar-refractivity contribution in [1.29, 1.82) is 0 Å². The summed E-state index contributed by atoms with van der Waals surface area (Å²) >= 11 is 0. The molecule has 1 unspecified atom stereocenters. The Kier molecular flexibility index (Phi) is 5.16. The second-order valence-corrected chi connectivity index (χ2v) is 7.87. The van der Waals surface area contributed by atoms with Crippen LogP contribution in [0.2, 0.25) is 0 Å². The average molecular weight is 380 g/mol. The molecule has 1 saturated carbocycles. The molecule has 1 atom stereocenters. The van der Waals surface area contributed by atoms with Gasteiger partial charge in [0.2, 0.25) is 5.91 Å². The van der Waals surface area contributed by atoms with Crippen molar-refractivity contribution in [2.24, 2.45) is 0 Å². The summed E-state index contributed by atoms with van der Waals surface area (Å²) in [7, 11) is 0. The van der Waals surface area contributed by atoms with E-state index in [1.807, 2.05) is 31.2 Å². The third-order valence-electron chi connectivity index (χ3n) is 5.88. The minimum Gasteiger partial charge on any atom is -0.328 e. The second-order valence-electron chi connectivity index (χ2n) is 7.87. The lowest BCUT2D eigenvalue weighted by molar-refractivity contribution is -0.159. The Balaban J connectivity index is 1.68. The molecule has 1 aliphatic heterocycles. The van der Waals surface area contributed by atoms with Crippen LogP contribution in [-0.2, 0) is 16.1 Å². The molecule has 2 aromatic carbocycles. The molecule has 0 radical (unpaired) electrons. The van der Waals surface area contributed by atoms with Gasteiger partial charge in [-0.05, 0) is 43.0 Å². The van der Waals surface area contributed by atoms with Gasteiger partial charge in [-0.1, -0.05) is 54.8 Å². The van der Waals surface area contributed by atoms with Crippen LogP contribution in [0.25, 0.3) is 0 Å². The Morgan fingerprint density at radius 3 is 2.25 bits per heavy atom. The monoisotopic (exact) mass is 380 g/mol. The van der Waals surface area contributed by atoms with Gasteiger partial charge in [0.25, 0.3) is 5.91 Å². The summed E-state index contributed by atoms with van der Waals surface area (Å²) in [5, 5.41) is 0. The molecule has 4 nitrogen and oxygen atoms in total. The highest BCUT2D eigenvalue weighted by Crippen LogP contribution is 2.33. The van der Waals surface area contributed by atoms with Gasteiger partial charge < -0.3 is 9.80 Å². The number of piperazine rings is 1. The minimum atomic E-state index is -0.705. The highest BCUT2D eigenvalue weighted by atomic mass is 19.1. The maximum atomic E-state index is 13.5. The van der Waals surface area contributed by atoms with Gasteiger partial charge in [0, 0.05) is 12.6 Å². The van der Waals surface area contributed by atoms with Crippen LogP contribution in [-0.4, -0.2) is 34.2 Å². The van der Waals surface area contributed by atoms with Crippen molar-refractivity contribution in [3.05, 3.63) is 71.0 Å². The van der Waals surface area contributed by atoms with Crippen molar-refractivity contribution in [2.75, 3.05) is 6.54 Å². The lowest BCUT2D eigenvalue weighted by Gasteiger charge is -2.43. The van der Waals surface area contributed by atoms with E-state index in [4.69, 9.17) is 0 Å². The first-order valence-corrected chi connectivity index (χ1v) is 9.94. The van der Waals surface area contributed by atoms with Crippen LogP contribution in [0.5, 0.6) is 0 Å². The van der Waals surface area contributed by atoms with Gasteiger partial charge in [0.1, 0.15) is 18.4 Å². The number of rotatable bonds is 4. The van der Waals surface area contributed by atoms with E-state index in [2.05, 4.69) is 0 Å². The molecular formula is C23H25FN2O2. The Labute approximate surface area is 164 Å². The molecule has 2 aromatic rings. The van der Waals surface area contributed by atoms with Crippen LogP contribution in [0.4, 0.5) is 4.39 Å². The van der Waals surface area contributed by atoms with Gasteiger partial charge in [-0.2, -0.15) is 0 Å². The van der Waals surface area contributed by atoms with E-state index in [-0.39, 0.29) is 30.2 Å². The first-order chi connectivity index (χ1) is 13.5. The highest BCUT2D eigenvalue weighted by Gasteiger charge is 2.43. The van der Waals surface area contributed by atoms with Gasteiger partial charge >= 0.3 is 0 Å². The van der Waals surface area contributed by atoms with E-state index in [1.54, 1.807) is 21.9 Å². The van der Waals surface area contributed by atoms with Gasteiger partial charge in [0.05, 0.1) is 0 Å². The van der Waals surface area contributed by atoms with Gasteiger partial charge in [-0.3, -0.25) is 9.59 Å². The van der Waals surface area contributed by atoms with Crippen molar-refractivity contribution in [1.82, 2.24) is 9.80 Å². The molecule has 2 amide bonds.